The fourth-order valence-electron chi connectivity index (χ4n) is 4.85. The molecule has 1 unspecified atom stereocenters. The molecule has 3 aromatic rings. The zero-order chi connectivity index (χ0) is 29.4. The van der Waals surface area contributed by atoms with Crippen LogP contribution in [0.25, 0.3) is 10.9 Å². The highest BCUT2D eigenvalue weighted by Crippen LogP contribution is 2.46. The Morgan fingerprint density at radius 1 is 1.10 bits per heavy atom. The van der Waals surface area contributed by atoms with Gasteiger partial charge in [-0.2, -0.15) is 8.78 Å². The van der Waals surface area contributed by atoms with Crippen LogP contribution in [0, 0.1) is 12.7 Å². The van der Waals surface area contributed by atoms with Crippen molar-refractivity contribution in [1.29, 1.82) is 0 Å². The molecular weight excluding hydrogens is 540 g/mol. The number of pyridine rings is 1. The molecule has 214 valence electrons. The van der Waals surface area contributed by atoms with Crippen LogP contribution in [0.15, 0.2) is 30.5 Å². The van der Waals surface area contributed by atoms with E-state index in [1.165, 1.54) is 32.2 Å². The molecule has 0 fully saturated rings. The third kappa shape index (κ3) is 6.23. The number of rotatable bonds is 11. The van der Waals surface area contributed by atoms with E-state index in [4.69, 9.17) is 4.43 Å². The molecular formula is C28H40F3N4O2PSi. The Kier molecular flexibility index (Phi) is 9.05. The van der Waals surface area contributed by atoms with Gasteiger partial charge in [-0.25, -0.2) is 14.4 Å². The normalized spacial score (nSPS) is 14.1. The number of alkyl halides is 2. The Balaban J connectivity index is 2.03. The number of hydrogen-bond donors (Lipinski definition) is 1. The molecule has 0 spiro atoms. The van der Waals surface area contributed by atoms with Crippen LogP contribution >= 0.6 is 7.14 Å². The SMILES string of the molecule is CC[Si](CC)(CC)OC(C)(C)C(F)(F)c1cccc(C(C)Nc2nc(C)nc3cnc(P(C)(C)=O)cc23)c1F. The summed E-state index contributed by atoms with van der Waals surface area (Å²) in [5.41, 5.74) is -1.57. The molecule has 2 aromatic heterocycles. The van der Waals surface area contributed by atoms with Gasteiger partial charge in [0, 0.05) is 10.9 Å². The number of nitrogens with one attached hydrogen (secondary N) is 1. The van der Waals surface area contributed by atoms with Crippen LogP contribution in [-0.4, -0.2) is 42.2 Å². The lowest BCUT2D eigenvalue weighted by atomic mass is 9.91. The van der Waals surface area contributed by atoms with Crippen LogP contribution in [0.3, 0.4) is 0 Å². The average molecular weight is 581 g/mol. The topological polar surface area (TPSA) is 77.0 Å². The number of nitrogens with zero attached hydrogens (tertiary/aromatic N) is 3. The largest absolute Gasteiger partial charge is 0.405 e. The Morgan fingerprint density at radius 3 is 2.28 bits per heavy atom. The third-order valence-corrected chi connectivity index (χ3v) is 13.7. The van der Waals surface area contributed by atoms with Crippen LogP contribution in [0.1, 0.15) is 64.5 Å². The van der Waals surface area contributed by atoms with Gasteiger partial charge in [-0.3, -0.25) is 4.98 Å². The van der Waals surface area contributed by atoms with E-state index in [9.17, 15) is 4.57 Å². The van der Waals surface area contributed by atoms with Crippen molar-refractivity contribution in [2.24, 2.45) is 0 Å². The van der Waals surface area contributed by atoms with Gasteiger partial charge in [-0.1, -0.05) is 32.9 Å². The Labute approximate surface area is 230 Å². The van der Waals surface area contributed by atoms with E-state index < -0.39 is 44.4 Å². The van der Waals surface area contributed by atoms with Crippen LogP contribution in [0.5, 0.6) is 0 Å². The Bertz CT molecular complexity index is 1380. The molecule has 0 aliphatic heterocycles. The molecule has 0 bridgehead atoms. The lowest BCUT2D eigenvalue weighted by Crippen LogP contribution is -2.52. The van der Waals surface area contributed by atoms with Crippen molar-refractivity contribution in [2.75, 3.05) is 18.6 Å². The number of fused-ring (bicyclic) bond motifs is 1. The van der Waals surface area contributed by atoms with Crippen LogP contribution in [-0.2, 0) is 14.9 Å². The quantitative estimate of drug-likeness (QED) is 0.184. The maximum Gasteiger partial charge on any atom is 0.302 e. The summed E-state index contributed by atoms with van der Waals surface area (Å²) in [7, 11) is -5.07. The molecule has 1 aromatic carbocycles. The molecule has 1 atom stereocenters. The van der Waals surface area contributed by atoms with E-state index in [-0.39, 0.29) is 5.56 Å². The number of benzene rings is 1. The second-order valence-corrected chi connectivity index (χ2v) is 18.9. The summed E-state index contributed by atoms with van der Waals surface area (Å²) in [4.78, 5) is 13.1. The van der Waals surface area contributed by atoms with Gasteiger partial charge < -0.3 is 14.3 Å². The number of hydrogen-bond acceptors (Lipinski definition) is 6. The number of anilines is 1. The van der Waals surface area contributed by atoms with Crippen molar-refractivity contribution in [3.63, 3.8) is 0 Å². The maximum absolute atomic E-state index is 16.0. The summed E-state index contributed by atoms with van der Waals surface area (Å²) in [6.45, 7) is 15.2. The number of aryl methyl sites for hydroxylation is 1. The first kappa shape index (κ1) is 31.2. The average Bonchev–Trinajstić information content (AvgIpc) is 2.86. The van der Waals surface area contributed by atoms with Crippen molar-refractivity contribution in [2.45, 2.75) is 84.2 Å². The lowest BCUT2D eigenvalue weighted by molar-refractivity contribution is -0.161. The Hall–Kier alpha value is -2.29. The third-order valence-electron chi connectivity index (χ3n) is 7.58. The molecule has 0 radical (unpaired) electrons. The van der Waals surface area contributed by atoms with Crippen molar-refractivity contribution < 1.29 is 22.2 Å². The van der Waals surface area contributed by atoms with E-state index in [2.05, 4.69) is 20.3 Å². The summed E-state index contributed by atoms with van der Waals surface area (Å²) in [6.07, 6.45) is 1.53. The second-order valence-electron chi connectivity index (χ2n) is 11.0. The van der Waals surface area contributed by atoms with Gasteiger partial charge in [0.2, 0.25) is 0 Å². The fraction of sp³-hybridized carbons (Fsp3) is 0.536. The lowest BCUT2D eigenvalue weighted by Gasteiger charge is -2.42. The standard InChI is InChI=1S/C28H40F3N4O2PSi/c1-10-39(11-2,12-3)37-27(6,7)28(30,31)22-15-13-14-20(25(22)29)18(4)33-26-21-16-24(38(8,9)36)32-17-23(21)34-19(5)35-26/h13-18H,10-12H2,1-9H3,(H,33,34,35). The minimum atomic E-state index is -3.58. The summed E-state index contributed by atoms with van der Waals surface area (Å²) >= 11 is 0. The molecule has 39 heavy (non-hydrogen) atoms. The van der Waals surface area contributed by atoms with Crippen LogP contribution < -0.4 is 10.8 Å². The molecule has 2 heterocycles. The van der Waals surface area contributed by atoms with E-state index in [0.717, 1.165) is 6.07 Å². The number of aromatic nitrogens is 3. The predicted molar refractivity (Wildman–Crippen MR) is 156 cm³/mol. The molecule has 3 rings (SSSR count). The highest BCUT2D eigenvalue weighted by atomic mass is 31.2. The molecule has 0 amide bonds. The molecule has 0 aliphatic carbocycles. The summed E-state index contributed by atoms with van der Waals surface area (Å²) in [6, 6.07) is 7.12. The van der Waals surface area contributed by atoms with Gasteiger partial charge in [0.05, 0.1) is 23.3 Å². The highest BCUT2D eigenvalue weighted by molar-refractivity contribution is 7.69. The Morgan fingerprint density at radius 2 is 1.72 bits per heavy atom. The van der Waals surface area contributed by atoms with Crippen LogP contribution in [0.2, 0.25) is 18.1 Å². The van der Waals surface area contributed by atoms with Crippen LogP contribution in [0.4, 0.5) is 19.0 Å². The minimum absolute atomic E-state index is 0.0725. The van der Waals surface area contributed by atoms with Crippen molar-refractivity contribution >= 4 is 37.6 Å². The van der Waals surface area contributed by atoms with Gasteiger partial charge in [-0.15, -0.1) is 0 Å². The second kappa shape index (κ2) is 11.3. The van der Waals surface area contributed by atoms with E-state index in [0.29, 0.717) is 46.1 Å². The fourth-order valence-corrected chi connectivity index (χ4v) is 8.77. The first-order valence-electron chi connectivity index (χ1n) is 13.3. The van der Waals surface area contributed by atoms with Gasteiger partial charge in [0.25, 0.3) is 0 Å². The van der Waals surface area contributed by atoms with Crippen molar-refractivity contribution in [1.82, 2.24) is 15.0 Å². The maximum atomic E-state index is 16.0. The molecule has 11 heteroatoms. The molecule has 0 aliphatic rings. The van der Waals surface area contributed by atoms with Gasteiger partial charge >= 0.3 is 5.92 Å². The van der Waals surface area contributed by atoms with E-state index >= 15 is 13.2 Å². The first-order chi connectivity index (χ1) is 18.0. The molecule has 0 saturated heterocycles. The van der Waals surface area contributed by atoms with E-state index in [1.54, 1.807) is 33.2 Å². The summed E-state index contributed by atoms with van der Waals surface area (Å²) in [5, 5.41) is 3.73. The van der Waals surface area contributed by atoms with Gasteiger partial charge in [0.15, 0.2) is 8.32 Å². The zero-order valence-electron chi connectivity index (χ0n) is 24.3. The van der Waals surface area contributed by atoms with E-state index in [1.807, 2.05) is 20.8 Å². The number of halogens is 3. The molecule has 6 nitrogen and oxygen atoms in total. The molecule has 0 saturated carbocycles. The molecule has 1 N–H and O–H groups in total. The minimum Gasteiger partial charge on any atom is -0.405 e. The monoisotopic (exact) mass is 580 g/mol. The van der Waals surface area contributed by atoms with Gasteiger partial charge in [0.1, 0.15) is 35.6 Å². The zero-order valence-corrected chi connectivity index (χ0v) is 26.2. The summed E-state index contributed by atoms with van der Waals surface area (Å²) < 4.78 is 66.7. The highest BCUT2D eigenvalue weighted by Gasteiger charge is 2.54. The predicted octanol–water partition coefficient (Wildman–Crippen LogP) is 7.79. The smallest absolute Gasteiger partial charge is 0.302 e. The van der Waals surface area contributed by atoms with Crippen molar-refractivity contribution in [3.05, 3.63) is 53.2 Å². The summed E-state index contributed by atoms with van der Waals surface area (Å²) in [5.74, 6) is -3.72. The van der Waals surface area contributed by atoms with Gasteiger partial charge in [-0.05, 0) is 71.3 Å². The first-order valence-corrected chi connectivity index (χ1v) is 18.5. The van der Waals surface area contributed by atoms with Crippen molar-refractivity contribution in [3.8, 4) is 0 Å².